The number of hydrogen-bond donors (Lipinski definition) is 0. The summed E-state index contributed by atoms with van der Waals surface area (Å²) in [5.41, 5.74) is 1.03. The molecule has 0 spiro atoms. The predicted octanol–water partition coefficient (Wildman–Crippen LogP) is 2.63. The highest BCUT2D eigenvalue weighted by Crippen LogP contribution is 2.27. The van der Waals surface area contributed by atoms with Gasteiger partial charge in [0.2, 0.25) is 0 Å². The number of amides is 1. The summed E-state index contributed by atoms with van der Waals surface area (Å²) in [7, 11) is 3.08. The molecule has 7 heteroatoms. The molecule has 0 atom stereocenters. The number of pyridine rings is 2. The van der Waals surface area contributed by atoms with Gasteiger partial charge in [0, 0.05) is 56.8 Å². The zero-order valence-corrected chi connectivity index (χ0v) is 16.5. The van der Waals surface area contributed by atoms with E-state index in [1.807, 2.05) is 30.3 Å². The number of aromatic nitrogens is 2. The first-order valence-electron chi connectivity index (χ1n) is 9.61. The molecule has 0 bridgehead atoms. The summed E-state index contributed by atoms with van der Waals surface area (Å²) in [4.78, 5) is 31.0. The molecule has 7 nitrogen and oxygen atoms in total. The van der Waals surface area contributed by atoms with Crippen molar-refractivity contribution in [1.29, 1.82) is 0 Å². The van der Waals surface area contributed by atoms with E-state index in [2.05, 4.69) is 4.98 Å². The fourth-order valence-electron chi connectivity index (χ4n) is 3.64. The Balaban J connectivity index is 1.45. The Morgan fingerprint density at radius 2 is 1.90 bits per heavy atom. The van der Waals surface area contributed by atoms with Gasteiger partial charge in [0.1, 0.15) is 23.1 Å². The van der Waals surface area contributed by atoms with E-state index in [0.717, 1.165) is 29.5 Å². The third-order valence-corrected chi connectivity index (χ3v) is 5.26. The topological polar surface area (TPSA) is 73.7 Å². The van der Waals surface area contributed by atoms with Gasteiger partial charge in [0.05, 0.1) is 12.7 Å². The Bertz CT molecular complexity index is 1100. The van der Waals surface area contributed by atoms with Crippen molar-refractivity contribution in [2.24, 2.45) is 7.05 Å². The monoisotopic (exact) mass is 393 g/mol. The molecule has 1 fully saturated rings. The van der Waals surface area contributed by atoms with Crippen LogP contribution in [0, 0.1) is 0 Å². The third kappa shape index (κ3) is 3.81. The molecule has 150 valence electrons. The van der Waals surface area contributed by atoms with Crippen LogP contribution in [-0.2, 0) is 7.05 Å². The van der Waals surface area contributed by atoms with Crippen LogP contribution in [0.3, 0.4) is 0 Å². The van der Waals surface area contributed by atoms with E-state index in [-0.39, 0.29) is 17.6 Å². The number of piperidine rings is 1. The highest BCUT2D eigenvalue weighted by atomic mass is 16.5. The number of methoxy groups -OCH3 is 1. The van der Waals surface area contributed by atoms with Gasteiger partial charge in [-0.1, -0.05) is 18.2 Å². The zero-order chi connectivity index (χ0) is 20.4. The largest absolute Gasteiger partial charge is 0.496 e. The predicted molar refractivity (Wildman–Crippen MR) is 110 cm³/mol. The van der Waals surface area contributed by atoms with Crippen molar-refractivity contribution in [2.75, 3.05) is 20.2 Å². The average Bonchev–Trinajstić information content (AvgIpc) is 2.75. The molecule has 1 aliphatic heterocycles. The van der Waals surface area contributed by atoms with Gasteiger partial charge in [-0.25, -0.2) is 0 Å². The van der Waals surface area contributed by atoms with Crippen LogP contribution in [0.15, 0.2) is 53.6 Å². The van der Waals surface area contributed by atoms with Crippen LogP contribution < -0.4 is 15.0 Å². The van der Waals surface area contributed by atoms with E-state index in [0.29, 0.717) is 24.4 Å². The Labute approximate surface area is 168 Å². The Kier molecular flexibility index (Phi) is 5.20. The van der Waals surface area contributed by atoms with Crippen LogP contribution >= 0.6 is 0 Å². The molecule has 29 heavy (non-hydrogen) atoms. The van der Waals surface area contributed by atoms with Crippen molar-refractivity contribution in [3.8, 4) is 11.5 Å². The number of rotatable bonds is 4. The van der Waals surface area contributed by atoms with Gasteiger partial charge in [0.15, 0.2) is 0 Å². The number of aryl methyl sites for hydroxylation is 1. The summed E-state index contributed by atoms with van der Waals surface area (Å²) in [6.45, 7) is 1.15. The Morgan fingerprint density at radius 1 is 1.14 bits per heavy atom. The molecule has 0 radical (unpaired) electrons. The maximum atomic E-state index is 13.0. The maximum Gasteiger partial charge on any atom is 0.259 e. The molecule has 0 N–H and O–H groups in total. The minimum Gasteiger partial charge on any atom is -0.496 e. The molecule has 0 saturated carbocycles. The average molecular weight is 393 g/mol. The summed E-state index contributed by atoms with van der Waals surface area (Å²) in [5.74, 6) is 0.939. The standard InChI is InChI=1S/C22H23N3O4/c1-24-14-17(19(28-2)13-20(24)26)22(27)25-11-8-16(9-12-25)29-18-7-3-5-15-6-4-10-23-21(15)18/h3-7,10,13-14,16H,8-9,11-12H2,1-2H3. The normalized spacial score (nSPS) is 14.8. The highest BCUT2D eigenvalue weighted by molar-refractivity contribution is 5.96. The number of carbonyl (C=O) groups excluding carboxylic acids is 1. The Hall–Kier alpha value is -3.35. The van der Waals surface area contributed by atoms with Gasteiger partial charge in [0.25, 0.3) is 11.5 Å². The van der Waals surface area contributed by atoms with Crippen LogP contribution in [0.5, 0.6) is 11.5 Å². The molecule has 0 unspecified atom stereocenters. The summed E-state index contributed by atoms with van der Waals surface area (Å²) >= 11 is 0. The van der Waals surface area contributed by atoms with Crippen LogP contribution in [0.1, 0.15) is 23.2 Å². The SMILES string of the molecule is COc1cc(=O)n(C)cc1C(=O)N1CCC(Oc2cccc3cccnc23)CC1. The number of nitrogens with zero attached hydrogens (tertiary/aromatic N) is 3. The zero-order valence-electron chi connectivity index (χ0n) is 16.5. The van der Waals surface area contributed by atoms with E-state index >= 15 is 0 Å². The fraction of sp³-hybridized carbons (Fsp3) is 0.318. The minimum absolute atomic E-state index is 0.0219. The number of likely N-dealkylation sites (tertiary alicyclic amines) is 1. The van der Waals surface area contributed by atoms with Crippen molar-refractivity contribution in [2.45, 2.75) is 18.9 Å². The molecule has 3 heterocycles. The minimum atomic E-state index is -0.214. The maximum absolute atomic E-state index is 13.0. The second-order valence-corrected chi connectivity index (χ2v) is 7.15. The van der Waals surface area contributed by atoms with Gasteiger partial charge in [-0.15, -0.1) is 0 Å². The van der Waals surface area contributed by atoms with Crippen molar-refractivity contribution in [1.82, 2.24) is 14.5 Å². The first kappa shape index (κ1) is 19.0. The second-order valence-electron chi connectivity index (χ2n) is 7.15. The van der Waals surface area contributed by atoms with Gasteiger partial charge >= 0.3 is 0 Å². The summed E-state index contributed by atoms with van der Waals surface area (Å²) in [6, 6.07) is 11.2. The first-order chi connectivity index (χ1) is 14.1. The van der Waals surface area contributed by atoms with Gasteiger partial charge in [-0.2, -0.15) is 0 Å². The van der Waals surface area contributed by atoms with Crippen LogP contribution in [0.2, 0.25) is 0 Å². The molecular formula is C22H23N3O4. The Morgan fingerprint density at radius 3 is 2.66 bits per heavy atom. The van der Waals surface area contributed by atoms with E-state index in [1.54, 1.807) is 18.1 Å². The van der Waals surface area contributed by atoms with Crippen molar-refractivity contribution >= 4 is 16.8 Å². The van der Waals surface area contributed by atoms with Crippen LogP contribution in [-0.4, -0.2) is 46.7 Å². The second kappa shape index (κ2) is 7.95. The number of para-hydroxylation sites is 1. The lowest BCUT2D eigenvalue weighted by atomic mass is 10.1. The number of fused-ring (bicyclic) bond motifs is 1. The molecule has 3 aromatic rings. The lowest BCUT2D eigenvalue weighted by Crippen LogP contribution is -2.42. The molecule has 1 amide bonds. The van der Waals surface area contributed by atoms with Gasteiger partial charge in [-0.05, 0) is 12.1 Å². The quantitative estimate of drug-likeness (QED) is 0.681. The van der Waals surface area contributed by atoms with Gasteiger partial charge in [-0.3, -0.25) is 14.6 Å². The van der Waals surface area contributed by atoms with Crippen molar-refractivity contribution in [3.63, 3.8) is 0 Å². The van der Waals surface area contributed by atoms with Crippen molar-refractivity contribution in [3.05, 3.63) is 64.7 Å². The van der Waals surface area contributed by atoms with E-state index in [1.165, 1.54) is 23.9 Å². The summed E-state index contributed by atoms with van der Waals surface area (Å²) in [6.07, 6.45) is 4.77. The van der Waals surface area contributed by atoms with Crippen molar-refractivity contribution < 1.29 is 14.3 Å². The fourth-order valence-corrected chi connectivity index (χ4v) is 3.64. The number of ether oxygens (including phenoxy) is 2. The van der Waals surface area contributed by atoms with E-state index < -0.39 is 0 Å². The highest BCUT2D eigenvalue weighted by Gasteiger charge is 2.27. The third-order valence-electron chi connectivity index (χ3n) is 5.26. The molecule has 1 aromatic carbocycles. The van der Waals surface area contributed by atoms with Crippen LogP contribution in [0.25, 0.3) is 10.9 Å². The molecule has 1 saturated heterocycles. The van der Waals surface area contributed by atoms with Gasteiger partial charge < -0.3 is 18.9 Å². The molecule has 4 rings (SSSR count). The van der Waals surface area contributed by atoms with Crippen LogP contribution in [0.4, 0.5) is 0 Å². The number of hydrogen-bond acceptors (Lipinski definition) is 5. The van der Waals surface area contributed by atoms with E-state index in [4.69, 9.17) is 9.47 Å². The molecule has 0 aliphatic carbocycles. The molecule has 2 aromatic heterocycles. The number of benzene rings is 1. The summed E-state index contributed by atoms with van der Waals surface area (Å²) in [5, 5.41) is 1.04. The lowest BCUT2D eigenvalue weighted by molar-refractivity contribution is 0.0594. The summed E-state index contributed by atoms with van der Waals surface area (Å²) < 4.78 is 12.8. The molecular weight excluding hydrogens is 370 g/mol. The first-order valence-corrected chi connectivity index (χ1v) is 9.61. The molecule has 1 aliphatic rings. The van der Waals surface area contributed by atoms with E-state index in [9.17, 15) is 9.59 Å². The number of carbonyl (C=O) groups is 1. The smallest absolute Gasteiger partial charge is 0.259 e. The lowest BCUT2D eigenvalue weighted by Gasteiger charge is -2.32.